The second-order valence-electron chi connectivity index (χ2n) is 26.6. The van der Waals surface area contributed by atoms with Gasteiger partial charge in [0.2, 0.25) is 53.9 Å². The van der Waals surface area contributed by atoms with Crippen LogP contribution in [0.25, 0.3) is 22.3 Å². The topological polar surface area (TPSA) is 375 Å². The van der Waals surface area contributed by atoms with Crippen LogP contribution in [-0.2, 0) is 58.0 Å². The van der Waals surface area contributed by atoms with Crippen molar-refractivity contribution < 1.29 is 111 Å². The normalized spacial score (nSPS) is 16.1. The van der Waals surface area contributed by atoms with E-state index in [1.54, 1.807) is 6.92 Å². The molecule has 46 heteroatoms. The Bertz CT molecular complexity index is 4720. The van der Waals surface area contributed by atoms with Gasteiger partial charge in [0.1, 0.15) is 39.7 Å². The van der Waals surface area contributed by atoms with Gasteiger partial charge in [0, 0.05) is 57.0 Å². The highest BCUT2D eigenvalue weighted by molar-refractivity contribution is 9.11. The zero-order chi connectivity index (χ0) is 84.5. The Kier molecular flexibility index (Phi) is 32.5. The van der Waals surface area contributed by atoms with Crippen LogP contribution < -0.4 is 36.8 Å². The van der Waals surface area contributed by atoms with E-state index < -0.39 is 156 Å². The number of benzene rings is 3. The van der Waals surface area contributed by atoms with Crippen LogP contribution in [-0.4, -0.2) is 141 Å². The molecule has 3 aromatic carbocycles. The van der Waals surface area contributed by atoms with E-state index in [1.165, 1.54) is 44.8 Å². The molecular weight excluding hydrogens is 1780 g/mol. The number of carbonyl (C=O) groups excluding carboxylic acids is 3. The standard InChI is InChI=1S/C13H8BrF3N2O3S.C13H10F3N3O3S.C12H24B2O4.C11H16BFN2O2.C8H6BrF2NO3S.C5H4BrFN2.C2H4Cl2/c1-23(21,22)19-13(20)8-4-10(15)7(3-11(8)16)6-2-9(14)12(17)18-5-6;1-23(21,22)19-13(20)8-4-9(14)7(3-10(8)15)6-2-11(17)12(16)18-5-6;1-9(2)10(3,4)16-13(15-9)14-17-11(5,6)12(7,8)18-14;1-10(2)11(3,4)17-12(16-10)7-5-8(14)9(13)15-6-7;1-16(14,15)12-8(13)4-2-7(11)5(9)3-6(4)10;6-3-1-4(8)5(7)9-2-3;1-2(3)4/h2-5H,1H3,(H,19,20);2-5H,17H2,1H3,(H,19,20);1-8H3;5-6H,14H2,1-4H3;2-3H,1H3,(H,12,13);1-2H,8H2;2H,1H3. The molecule has 0 atom stereocenters. The molecule has 4 aromatic heterocycles. The fraction of sp³-hybridized carbons (Fsp3) is 0.359. The maximum atomic E-state index is 14.1. The smallest absolute Gasteiger partial charge is 0.405 e. The number of nitrogens with zero attached hydrogens (tertiary/aromatic N) is 4. The summed E-state index contributed by atoms with van der Waals surface area (Å²) in [5.41, 5.74) is 11.2. The third-order valence-electron chi connectivity index (χ3n) is 16.0. The Labute approximate surface area is 664 Å². The minimum absolute atomic E-state index is 0.00258. The van der Waals surface area contributed by atoms with E-state index in [-0.39, 0.29) is 75.5 Å². The molecule has 3 amide bonds. The van der Waals surface area contributed by atoms with Gasteiger partial charge in [0.05, 0.1) is 95.1 Å². The largest absolute Gasteiger partial charge is 0.496 e. The Morgan fingerprint density at radius 3 is 1.02 bits per heavy atom. The van der Waals surface area contributed by atoms with Gasteiger partial charge in [-0.1, -0.05) is 0 Å². The highest BCUT2D eigenvalue weighted by Gasteiger charge is 2.64. The molecule has 3 fully saturated rings. The average molecular weight is 1850 g/mol. The number of halogens is 15. The molecule has 0 saturated carbocycles. The maximum Gasteiger partial charge on any atom is 0.496 e. The van der Waals surface area contributed by atoms with Gasteiger partial charge in [-0.05, 0) is 198 Å². The van der Waals surface area contributed by atoms with E-state index in [9.17, 15) is 83.5 Å². The minimum Gasteiger partial charge on any atom is -0.405 e. The summed E-state index contributed by atoms with van der Waals surface area (Å²) in [5, 5.41) is 0. The number of carbonyl (C=O) groups is 3. The molecule has 0 radical (unpaired) electrons. The van der Waals surface area contributed by atoms with E-state index in [2.05, 4.69) is 67.7 Å². The summed E-state index contributed by atoms with van der Waals surface area (Å²) in [6.45, 7) is 25.7. The summed E-state index contributed by atoms with van der Waals surface area (Å²) in [6, 6.07) is 9.01. The molecular formula is C64H72B3Br3Cl2F10N10O15S3. The van der Waals surface area contributed by atoms with E-state index in [4.69, 9.17) is 68.3 Å². The number of alkyl halides is 2. The summed E-state index contributed by atoms with van der Waals surface area (Å²) in [6.07, 6.45) is 6.81. The van der Waals surface area contributed by atoms with Crippen molar-refractivity contribution in [1.29, 1.82) is 0 Å². The molecule has 7 aromatic rings. The number of pyridine rings is 4. The summed E-state index contributed by atoms with van der Waals surface area (Å²) >= 11 is 18.8. The number of nitrogens with two attached hydrogens (primary N) is 3. The lowest BCUT2D eigenvalue weighted by Crippen LogP contribution is -2.41. The molecule has 7 heterocycles. The second-order valence-corrected chi connectivity index (χ2v) is 36.0. The second kappa shape index (κ2) is 37.4. The van der Waals surface area contributed by atoms with E-state index >= 15 is 0 Å². The fourth-order valence-corrected chi connectivity index (χ4v) is 10.8. The SMILES string of the molecule is CC(Cl)Cl.CC1(C)OB(B2OC(C)(C)C(C)(C)O2)OC1(C)C.CC1(C)OB(c2cnc(F)c(N)c2)OC1(C)C.CS(=O)(=O)NC(=O)c1cc(F)c(-c2cnc(F)c(Br)c2)cc1F.CS(=O)(=O)NC(=O)c1cc(F)c(-c2cnc(F)c(N)c2)cc1F.CS(=O)(=O)NC(=O)c1cc(F)c(Br)cc1F.Nc1cc(Br)cnc1F. The lowest BCUT2D eigenvalue weighted by molar-refractivity contribution is 0.00578. The molecule has 0 aliphatic carbocycles. The lowest BCUT2D eigenvalue weighted by Gasteiger charge is -2.32. The molecule has 0 bridgehead atoms. The molecule has 110 heavy (non-hydrogen) atoms. The number of sulfonamides is 3. The number of hydrogen-bond donors (Lipinski definition) is 6. The third kappa shape index (κ3) is 27.2. The number of hydrogen-bond acceptors (Lipinski definition) is 22. The average Bonchev–Trinajstić information content (AvgIpc) is 1.59. The van der Waals surface area contributed by atoms with Crippen molar-refractivity contribution in [3.8, 4) is 22.3 Å². The Hall–Kier alpha value is -6.81. The van der Waals surface area contributed by atoms with Crippen molar-refractivity contribution in [1.82, 2.24) is 34.1 Å². The van der Waals surface area contributed by atoms with E-state index in [0.29, 0.717) is 52.8 Å². The monoisotopic (exact) mass is 1850 g/mol. The van der Waals surface area contributed by atoms with Crippen LogP contribution in [0, 0.1) is 58.7 Å². The van der Waals surface area contributed by atoms with Crippen LogP contribution in [0.2, 0.25) is 0 Å². The van der Waals surface area contributed by atoms with Crippen molar-refractivity contribution in [3.05, 3.63) is 174 Å². The van der Waals surface area contributed by atoms with Crippen molar-refractivity contribution in [2.45, 2.75) is 128 Å². The van der Waals surface area contributed by atoms with Crippen LogP contribution in [0.4, 0.5) is 61.0 Å². The first-order valence-electron chi connectivity index (χ1n) is 31.2. The number of anilines is 3. The first-order chi connectivity index (χ1) is 49.9. The predicted octanol–water partition coefficient (Wildman–Crippen LogP) is 12.2. The first-order valence-corrected chi connectivity index (χ1v) is 40.1. The van der Waals surface area contributed by atoms with Crippen molar-refractivity contribution >= 4 is 162 Å². The third-order valence-corrected chi connectivity index (χ3v) is 19.3. The molecule has 600 valence electrons. The van der Waals surface area contributed by atoms with Crippen molar-refractivity contribution in [3.63, 3.8) is 0 Å². The van der Waals surface area contributed by atoms with E-state index in [1.807, 2.05) is 83.1 Å². The Morgan fingerprint density at radius 2 is 0.700 bits per heavy atom. The molecule has 25 nitrogen and oxygen atoms in total. The molecule has 0 spiro atoms. The quantitative estimate of drug-likeness (QED) is 0.0243. The van der Waals surface area contributed by atoms with Crippen LogP contribution >= 0.6 is 71.0 Å². The van der Waals surface area contributed by atoms with Gasteiger partial charge < -0.3 is 45.1 Å². The van der Waals surface area contributed by atoms with Crippen molar-refractivity contribution in [2.24, 2.45) is 0 Å². The van der Waals surface area contributed by atoms with Gasteiger partial charge in [-0.3, -0.25) is 14.4 Å². The molecule has 9 N–H and O–H groups in total. The van der Waals surface area contributed by atoms with Crippen LogP contribution in [0.15, 0.2) is 98.9 Å². The van der Waals surface area contributed by atoms with Crippen molar-refractivity contribution in [2.75, 3.05) is 36.0 Å². The summed E-state index contributed by atoms with van der Waals surface area (Å²) in [5.74, 6) is -13.1. The fourth-order valence-electron chi connectivity index (χ4n) is 8.46. The number of aromatic nitrogens is 4. The van der Waals surface area contributed by atoms with Gasteiger partial charge in [-0.2, -0.15) is 17.6 Å². The number of nitrogen functional groups attached to an aromatic ring is 3. The minimum atomic E-state index is -3.93. The lowest BCUT2D eigenvalue weighted by atomic mass is 9.49. The predicted molar refractivity (Wildman–Crippen MR) is 406 cm³/mol. The van der Waals surface area contributed by atoms with Crippen LogP contribution in [0.3, 0.4) is 0 Å². The van der Waals surface area contributed by atoms with Gasteiger partial charge in [-0.15, -0.1) is 23.2 Å². The highest BCUT2D eigenvalue weighted by atomic mass is 79.9. The van der Waals surface area contributed by atoms with Gasteiger partial charge in [0.15, 0.2) is 0 Å². The Balaban J connectivity index is 0.000000280. The number of amides is 3. The summed E-state index contributed by atoms with van der Waals surface area (Å²) in [7, 11) is -13.2. The molecule has 3 aliphatic rings. The zero-order valence-electron chi connectivity index (χ0n) is 60.9. The molecule has 3 aliphatic heterocycles. The number of rotatable bonds is 10. The molecule has 10 rings (SSSR count). The van der Waals surface area contributed by atoms with Gasteiger partial charge in [0.25, 0.3) is 17.7 Å². The maximum absolute atomic E-state index is 14.1. The summed E-state index contributed by atoms with van der Waals surface area (Å²) < 4.78 is 240. The van der Waals surface area contributed by atoms with Crippen LogP contribution in [0.1, 0.15) is 121 Å². The highest BCUT2D eigenvalue weighted by Crippen LogP contribution is 2.43. The Morgan fingerprint density at radius 1 is 0.409 bits per heavy atom. The zero-order valence-corrected chi connectivity index (χ0v) is 69.7. The first kappa shape index (κ1) is 95.6. The van der Waals surface area contributed by atoms with E-state index in [0.717, 1.165) is 30.8 Å². The van der Waals surface area contributed by atoms with Gasteiger partial charge in [-0.25, -0.2) is 85.7 Å². The van der Waals surface area contributed by atoms with Gasteiger partial charge >= 0.3 is 21.1 Å². The number of nitrogens with one attached hydrogen (secondary N) is 3. The molecule has 3 saturated heterocycles. The molecule has 0 unspecified atom stereocenters. The summed E-state index contributed by atoms with van der Waals surface area (Å²) in [4.78, 5) is 47.8. The van der Waals surface area contributed by atoms with Crippen LogP contribution in [0.5, 0.6) is 0 Å².